The van der Waals surface area contributed by atoms with Crippen molar-refractivity contribution in [3.8, 4) is 0 Å². The Balaban J connectivity index is 0.00000441. The lowest BCUT2D eigenvalue weighted by atomic mass is 9.94. The first-order valence-corrected chi connectivity index (χ1v) is 7.15. The van der Waals surface area contributed by atoms with Crippen LogP contribution in [-0.2, 0) is 9.59 Å². The van der Waals surface area contributed by atoms with E-state index in [0.29, 0.717) is 6.54 Å². The van der Waals surface area contributed by atoms with Crippen LogP contribution in [0.15, 0.2) is 30.3 Å². The molecule has 3 atom stereocenters. The van der Waals surface area contributed by atoms with Gasteiger partial charge in [0.1, 0.15) is 0 Å². The Kier molecular flexibility index (Phi) is 8.75. The summed E-state index contributed by atoms with van der Waals surface area (Å²) in [6, 6.07) is 9.22. The van der Waals surface area contributed by atoms with Gasteiger partial charge in [-0.2, -0.15) is 0 Å². The number of carbonyl (C=O) groups is 2. The second-order valence-electron chi connectivity index (χ2n) is 5.46. The summed E-state index contributed by atoms with van der Waals surface area (Å²) in [6.45, 7) is 4.00. The van der Waals surface area contributed by atoms with Crippen molar-refractivity contribution in [1.29, 1.82) is 0 Å². The van der Waals surface area contributed by atoms with E-state index in [1.165, 1.54) is 0 Å². The van der Waals surface area contributed by atoms with Crippen molar-refractivity contribution in [2.45, 2.75) is 19.9 Å². The predicted octanol–water partition coefficient (Wildman–Crippen LogP) is 1.58. The van der Waals surface area contributed by atoms with Crippen LogP contribution in [0.2, 0.25) is 0 Å². The molecule has 1 aromatic carbocycles. The van der Waals surface area contributed by atoms with Gasteiger partial charge in [0.2, 0.25) is 11.8 Å². The molecule has 0 aromatic heterocycles. The molecule has 0 spiro atoms. The molecular weight excluding hydrogens is 302 g/mol. The fourth-order valence-electron chi connectivity index (χ4n) is 2.30. The van der Waals surface area contributed by atoms with E-state index in [1.807, 2.05) is 37.3 Å². The number of carbonyl (C=O) groups excluding carboxylic acids is 2. The maximum atomic E-state index is 12.4. The van der Waals surface area contributed by atoms with E-state index in [1.54, 1.807) is 25.9 Å². The summed E-state index contributed by atoms with van der Waals surface area (Å²) >= 11 is 0. The quantitative estimate of drug-likeness (QED) is 0.833. The molecule has 6 heteroatoms. The van der Waals surface area contributed by atoms with Crippen LogP contribution in [0.25, 0.3) is 0 Å². The van der Waals surface area contributed by atoms with Crippen LogP contribution >= 0.6 is 12.4 Å². The van der Waals surface area contributed by atoms with Gasteiger partial charge in [-0.3, -0.25) is 9.59 Å². The molecule has 0 radical (unpaired) electrons. The second kappa shape index (κ2) is 9.43. The summed E-state index contributed by atoms with van der Waals surface area (Å²) < 4.78 is 0. The highest BCUT2D eigenvalue weighted by Gasteiger charge is 2.26. The number of rotatable bonds is 6. The molecule has 1 aromatic rings. The molecule has 0 saturated heterocycles. The molecule has 1 rings (SSSR count). The van der Waals surface area contributed by atoms with Gasteiger partial charge in [-0.25, -0.2) is 0 Å². The second-order valence-corrected chi connectivity index (χ2v) is 5.46. The molecule has 3 unspecified atom stereocenters. The molecule has 0 heterocycles. The first-order chi connectivity index (χ1) is 9.88. The Hall–Kier alpha value is -1.59. The summed E-state index contributed by atoms with van der Waals surface area (Å²) in [6.07, 6.45) is 0. The number of amides is 2. The third-order valence-corrected chi connectivity index (χ3v) is 3.73. The van der Waals surface area contributed by atoms with Crippen molar-refractivity contribution in [2.75, 3.05) is 20.6 Å². The molecule has 0 saturated carbocycles. The average Bonchev–Trinajstić information content (AvgIpc) is 2.52. The minimum absolute atomic E-state index is 0. The summed E-state index contributed by atoms with van der Waals surface area (Å²) in [5.41, 5.74) is 7.10. The molecule has 0 bridgehead atoms. The monoisotopic (exact) mass is 327 g/mol. The van der Waals surface area contributed by atoms with Gasteiger partial charge in [0, 0.05) is 26.7 Å². The topological polar surface area (TPSA) is 75.4 Å². The Bertz CT molecular complexity index is 482. The summed E-state index contributed by atoms with van der Waals surface area (Å²) in [7, 11) is 3.30. The van der Waals surface area contributed by atoms with Gasteiger partial charge in [0.05, 0.1) is 11.8 Å². The highest BCUT2D eigenvalue weighted by molar-refractivity contribution is 5.85. The van der Waals surface area contributed by atoms with Crippen LogP contribution in [0.1, 0.15) is 25.5 Å². The third kappa shape index (κ3) is 5.31. The number of nitrogens with one attached hydrogen (secondary N) is 1. The fourth-order valence-corrected chi connectivity index (χ4v) is 2.30. The molecule has 22 heavy (non-hydrogen) atoms. The predicted molar refractivity (Wildman–Crippen MR) is 90.7 cm³/mol. The molecule has 0 aliphatic rings. The maximum Gasteiger partial charge on any atom is 0.227 e. The highest BCUT2D eigenvalue weighted by Crippen LogP contribution is 2.21. The molecule has 0 fully saturated rings. The van der Waals surface area contributed by atoms with Crippen LogP contribution in [0, 0.1) is 11.8 Å². The van der Waals surface area contributed by atoms with Crippen LogP contribution in [0.3, 0.4) is 0 Å². The van der Waals surface area contributed by atoms with Gasteiger partial charge in [-0.1, -0.05) is 44.2 Å². The molecular formula is C16H26ClN3O2. The van der Waals surface area contributed by atoms with Crippen molar-refractivity contribution in [2.24, 2.45) is 17.6 Å². The summed E-state index contributed by atoms with van der Waals surface area (Å²) in [5.74, 6) is -0.713. The number of hydrogen-bond acceptors (Lipinski definition) is 3. The first-order valence-electron chi connectivity index (χ1n) is 7.15. The number of hydrogen-bond donors (Lipinski definition) is 2. The summed E-state index contributed by atoms with van der Waals surface area (Å²) in [5, 5.41) is 2.59. The van der Waals surface area contributed by atoms with E-state index >= 15 is 0 Å². The first kappa shape index (κ1) is 20.4. The Morgan fingerprint density at radius 1 is 1.23 bits per heavy atom. The van der Waals surface area contributed by atoms with E-state index in [2.05, 4.69) is 5.32 Å². The van der Waals surface area contributed by atoms with Crippen molar-refractivity contribution in [1.82, 2.24) is 10.2 Å². The number of nitrogens with zero attached hydrogens (tertiary/aromatic N) is 1. The Labute approximate surface area is 138 Å². The standard InChI is InChI=1S/C16H25N3O2.ClH/c1-11(15(20)18-3)10-19(4)16(21)12(2)14(17)13-8-6-5-7-9-13;/h5-9,11-12,14H,10,17H2,1-4H3,(H,18,20);1H. The SMILES string of the molecule is CNC(=O)C(C)CN(C)C(=O)C(C)C(N)c1ccccc1.Cl. The van der Waals surface area contributed by atoms with E-state index in [9.17, 15) is 9.59 Å². The number of halogens is 1. The Morgan fingerprint density at radius 3 is 2.27 bits per heavy atom. The van der Waals surface area contributed by atoms with Crippen LogP contribution in [-0.4, -0.2) is 37.4 Å². The zero-order valence-corrected chi connectivity index (χ0v) is 14.4. The third-order valence-electron chi connectivity index (χ3n) is 3.73. The van der Waals surface area contributed by atoms with E-state index in [0.717, 1.165) is 5.56 Å². The smallest absolute Gasteiger partial charge is 0.227 e. The van der Waals surface area contributed by atoms with Gasteiger partial charge in [-0.15, -0.1) is 12.4 Å². The van der Waals surface area contributed by atoms with Crippen molar-refractivity contribution in [3.63, 3.8) is 0 Å². The number of benzene rings is 1. The van der Waals surface area contributed by atoms with Gasteiger partial charge in [-0.05, 0) is 5.56 Å². The van der Waals surface area contributed by atoms with Gasteiger partial charge in [0.25, 0.3) is 0 Å². The molecule has 0 aliphatic carbocycles. The lowest BCUT2D eigenvalue weighted by Crippen LogP contribution is -2.41. The molecule has 3 N–H and O–H groups in total. The van der Waals surface area contributed by atoms with Gasteiger partial charge < -0.3 is 16.0 Å². The van der Waals surface area contributed by atoms with Crippen molar-refractivity contribution >= 4 is 24.2 Å². The molecule has 5 nitrogen and oxygen atoms in total. The van der Waals surface area contributed by atoms with Crippen molar-refractivity contribution < 1.29 is 9.59 Å². The zero-order valence-electron chi connectivity index (χ0n) is 13.6. The molecule has 2 amide bonds. The van der Waals surface area contributed by atoms with Crippen LogP contribution in [0.5, 0.6) is 0 Å². The number of nitrogens with two attached hydrogens (primary N) is 1. The van der Waals surface area contributed by atoms with Crippen molar-refractivity contribution in [3.05, 3.63) is 35.9 Å². The normalized spacial score (nSPS) is 14.2. The van der Waals surface area contributed by atoms with E-state index in [4.69, 9.17) is 5.73 Å². The fraction of sp³-hybridized carbons (Fsp3) is 0.500. The lowest BCUT2D eigenvalue weighted by molar-refractivity contribution is -0.135. The van der Waals surface area contributed by atoms with E-state index < -0.39 is 0 Å². The maximum absolute atomic E-state index is 12.4. The Morgan fingerprint density at radius 2 is 1.77 bits per heavy atom. The molecule has 124 valence electrons. The van der Waals surface area contributed by atoms with Gasteiger partial charge >= 0.3 is 0 Å². The average molecular weight is 328 g/mol. The van der Waals surface area contributed by atoms with E-state index in [-0.39, 0.29) is 42.1 Å². The van der Waals surface area contributed by atoms with Crippen LogP contribution in [0.4, 0.5) is 0 Å². The largest absolute Gasteiger partial charge is 0.359 e. The van der Waals surface area contributed by atoms with Gasteiger partial charge in [0.15, 0.2) is 0 Å². The summed E-state index contributed by atoms with van der Waals surface area (Å²) in [4.78, 5) is 25.5. The minimum Gasteiger partial charge on any atom is -0.359 e. The molecule has 0 aliphatic heterocycles. The van der Waals surface area contributed by atoms with Crippen LogP contribution < -0.4 is 11.1 Å². The zero-order chi connectivity index (χ0) is 16.0. The lowest BCUT2D eigenvalue weighted by Gasteiger charge is -2.27. The highest BCUT2D eigenvalue weighted by atomic mass is 35.5. The minimum atomic E-state index is -0.351.